The largest absolute Gasteiger partial charge is 0.490 e. The Morgan fingerprint density at radius 1 is 1.50 bits per heavy atom. The van der Waals surface area contributed by atoms with E-state index < -0.39 is 12.1 Å². The number of aliphatic carboxylic acids is 1. The molecule has 1 saturated heterocycles. The Labute approximate surface area is 91.8 Å². The third kappa shape index (κ3) is 7.47. The van der Waals surface area contributed by atoms with E-state index in [1.54, 1.807) is 0 Å². The van der Waals surface area contributed by atoms with E-state index in [1.165, 1.54) is 6.42 Å². The first kappa shape index (κ1) is 15.2. The number of hydrogen-bond donors (Lipinski definition) is 2. The predicted molar refractivity (Wildman–Crippen MR) is 51.2 cm³/mol. The number of rotatable bonds is 2. The van der Waals surface area contributed by atoms with Crippen LogP contribution in [-0.2, 0) is 9.53 Å². The summed E-state index contributed by atoms with van der Waals surface area (Å²) in [5.41, 5.74) is 0. The van der Waals surface area contributed by atoms with E-state index in [1.807, 2.05) is 0 Å². The molecular formula is C9H16F3NO3. The second-order valence-corrected chi connectivity index (χ2v) is 3.60. The summed E-state index contributed by atoms with van der Waals surface area (Å²) < 4.78 is 37.3. The second kappa shape index (κ2) is 6.70. The van der Waals surface area contributed by atoms with Gasteiger partial charge in [0.25, 0.3) is 0 Å². The van der Waals surface area contributed by atoms with Gasteiger partial charge in [-0.1, -0.05) is 0 Å². The molecule has 16 heavy (non-hydrogen) atoms. The summed E-state index contributed by atoms with van der Waals surface area (Å²) >= 11 is 0. The third-order valence-electron chi connectivity index (χ3n) is 1.72. The van der Waals surface area contributed by atoms with Gasteiger partial charge in [-0.3, -0.25) is 0 Å². The van der Waals surface area contributed by atoms with Crippen molar-refractivity contribution in [3.8, 4) is 0 Å². The average molecular weight is 243 g/mol. The van der Waals surface area contributed by atoms with Crippen LogP contribution in [0.3, 0.4) is 0 Å². The highest BCUT2D eigenvalue weighted by Gasteiger charge is 2.38. The van der Waals surface area contributed by atoms with Gasteiger partial charge in [0.2, 0.25) is 0 Å². The fourth-order valence-corrected chi connectivity index (χ4v) is 1.13. The zero-order valence-electron chi connectivity index (χ0n) is 9.17. The summed E-state index contributed by atoms with van der Waals surface area (Å²) in [5, 5.41) is 10.4. The molecule has 0 spiro atoms. The van der Waals surface area contributed by atoms with Gasteiger partial charge in [0, 0.05) is 6.54 Å². The lowest BCUT2D eigenvalue weighted by Gasteiger charge is -2.12. The van der Waals surface area contributed by atoms with Crippen LogP contribution in [0.25, 0.3) is 0 Å². The zero-order valence-corrected chi connectivity index (χ0v) is 9.17. The Kier molecular flexibility index (Phi) is 6.35. The summed E-state index contributed by atoms with van der Waals surface area (Å²) in [5.74, 6) is -2.76. The molecule has 1 rings (SSSR count). The summed E-state index contributed by atoms with van der Waals surface area (Å²) in [4.78, 5) is 8.90. The third-order valence-corrected chi connectivity index (χ3v) is 1.72. The first-order chi connectivity index (χ1) is 7.23. The molecule has 0 amide bonds. The molecule has 4 nitrogen and oxygen atoms in total. The normalized spacial score (nSPS) is 20.5. The lowest BCUT2D eigenvalue weighted by atomic mass is 10.3. The Morgan fingerprint density at radius 3 is 2.25 bits per heavy atom. The molecule has 1 atom stereocenters. The quantitative estimate of drug-likeness (QED) is 0.769. The molecule has 1 aliphatic heterocycles. The summed E-state index contributed by atoms with van der Waals surface area (Å²) in [6.45, 7) is 6.33. The van der Waals surface area contributed by atoms with Crippen molar-refractivity contribution in [1.29, 1.82) is 0 Å². The zero-order chi connectivity index (χ0) is 12.8. The Balaban J connectivity index is 0.000000293. The molecule has 96 valence electrons. The highest BCUT2D eigenvalue weighted by molar-refractivity contribution is 5.73. The molecule has 1 unspecified atom stereocenters. The highest BCUT2D eigenvalue weighted by atomic mass is 19.4. The number of nitrogens with one attached hydrogen (secondary N) is 1. The van der Waals surface area contributed by atoms with Crippen LogP contribution in [0.1, 0.15) is 20.3 Å². The van der Waals surface area contributed by atoms with E-state index in [9.17, 15) is 13.2 Å². The Bertz CT molecular complexity index is 213. The maximum Gasteiger partial charge on any atom is 0.490 e. The maximum absolute atomic E-state index is 10.6. The number of alkyl halides is 3. The number of ether oxygens (including phenoxy) is 1. The Morgan fingerprint density at radius 2 is 2.00 bits per heavy atom. The van der Waals surface area contributed by atoms with Gasteiger partial charge >= 0.3 is 12.1 Å². The molecule has 0 aromatic carbocycles. The van der Waals surface area contributed by atoms with E-state index in [-0.39, 0.29) is 0 Å². The van der Waals surface area contributed by atoms with E-state index in [0.29, 0.717) is 12.2 Å². The molecular weight excluding hydrogens is 227 g/mol. The van der Waals surface area contributed by atoms with Crippen molar-refractivity contribution < 1.29 is 27.8 Å². The molecule has 2 N–H and O–H groups in total. The minimum Gasteiger partial charge on any atom is -0.475 e. The van der Waals surface area contributed by atoms with Gasteiger partial charge in [0.1, 0.15) is 0 Å². The van der Waals surface area contributed by atoms with Crippen LogP contribution in [0.4, 0.5) is 13.2 Å². The van der Waals surface area contributed by atoms with Gasteiger partial charge in [-0.05, 0) is 26.8 Å². The molecule has 1 fully saturated rings. The minimum absolute atomic E-state index is 0.384. The molecule has 0 aliphatic carbocycles. The maximum atomic E-state index is 10.6. The predicted octanol–water partition coefficient (Wildman–Crippen LogP) is 1.41. The SMILES string of the molecule is CC(C)OC1CCNC1.O=C(O)C(F)(F)F. The van der Waals surface area contributed by atoms with E-state index in [2.05, 4.69) is 19.2 Å². The average Bonchev–Trinajstić information content (AvgIpc) is 2.54. The molecule has 0 radical (unpaired) electrons. The fourth-order valence-electron chi connectivity index (χ4n) is 1.13. The number of carboxylic acids is 1. The lowest BCUT2D eigenvalue weighted by molar-refractivity contribution is -0.192. The molecule has 1 aliphatic rings. The van der Waals surface area contributed by atoms with Gasteiger partial charge in [0.05, 0.1) is 12.2 Å². The van der Waals surface area contributed by atoms with Crippen molar-refractivity contribution in [1.82, 2.24) is 5.32 Å². The fraction of sp³-hybridized carbons (Fsp3) is 0.889. The topological polar surface area (TPSA) is 58.6 Å². The minimum atomic E-state index is -5.08. The number of hydrogen-bond acceptors (Lipinski definition) is 3. The number of halogens is 3. The molecule has 0 aromatic rings. The Hall–Kier alpha value is -0.820. The van der Waals surface area contributed by atoms with Crippen molar-refractivity contribution in [3.63, 3.8) is 0 Å². The van der Waals surface area contributed by atoms with Gasteiger partial charge in [-0.2, -0.15) is 13.2 Å². The molecule has 1 heterocycles. The summed E-state index contributed by atoms with van der Waals surface area (Å²) in [6, 6.07) is 0. The first-order valence-electron chi connectivity index (χ1n) is 4.89. The lowest BCUT2D eigenvalue weighted by Crippen LogP contribution is -2.21. The van der Waals surface area contributed by atoms with Crippen LogP contribution in [0.2, 0.25) is 0 Å². The number of carboxylic acid groups (broad SMARTS) is 1. The smallest absolute Gasteiger partial charge is 0.475 e. The van der Waals surface area contributed by atoms with Gasteiger partial charge in [-0.25, -0.2) is 4.79 Å². The number of carbonyl (C=O) groups is 1. The monoisotopic (exact) mass is 243 g/mol. The molecule has 0 saturated carbocycles. The standard InChI is InChI=1S/C7H15NO.C2HF3O2/c1-6(2)9-7-3-4-8-5-7;3-2(4,5)1(6)7/h6-8H,3-5H2,1-2H3;(H,6,7). The van der Waals surface area contributed by atoms with Gasteiger partial charge in [0.15, 0.2) is 0 Å². The summed E-state index contributed by atoms with van der Waals surface area (Å²) in [6.07, 6.45) is -3.04. The van der Waals surface area contributed by atoms with E-state index in [4.69, 9.17) is 14.6 Å². The van der Waals surface area contributed by atoms with E-state index >= 15 is 0 Å². The molecule has 0 aromatic heterocycles. The summed E-state index contributed by atoms with van der Waals surface area (Å²) in [7, 11) is 0. The van der Waals surface area contributed by atoms with Crippen molar-refractivity contribution in [2.45, 2.75) is 38.7 Å². The molecule has 0 bridgehead atoms. The van der Waals surface area contributed by atoms with Crippen molar-refractivity contribution in [2.75, 3.05) is 13.1 Å². The van der Waals surface area contributed by atoms with E-state index in [0.717, 1.165) is 13.1 Å². The first-order valence-corrected chi connectivity index (χ1v) is 4.89. The van der Waals surface area contributed by atoms with Crippen LogP contribution in [0.15, 0.2) is 0 Å². The van der Waals surface area contributed by atoms with Crippen molar-refractivity contribution in [2.24, 2.45) is 0 Å². The molecule has 7 heteroatoms. The van der Waals surface area contributed by atoms with Crippen LogP contribution in [-0.4, -0.2) is 42.5 Å². The van der Waals surface area contributed by atoms with Gasteiger partial charge < -0.3 is 15.2 Å². The van der Waals surface area contributed by atoms with Crippen LogP contribution >= 0.6 is 0 Å². The van der Waals surface area contributed by atoms with Crippen molar-refractivity contribution in [3.05, 3.63) is 0 Å². The van der Waals surface area contributed by atoms with Crippen LogP contribution < -0.4 is 5.32 Å². The second-order valence-electron chi connectivity index (χ2n) is 3.60. The highest BCUT2D eigenvalue weighted by Crippen LogP contribution is 2.13. The van der Waals surface area contributed by atoms with Gasteiger partial charge in [-0.15, -0.1) is 0 Å². The van der Waals surface area contributed by atoms with Crippen LogP contribution in [0, 0.1) is 0 Å². The van der Waals surface area contributed by atoms with Crippen LogP contribution in [0.5, 0.6) is 0 Å². The van der Waals surface area contributed by atoms with Crippen molar-refractivity contribution >= 4 is 5.97 Å².